The molecule has 0 unspecified atom stereocenters. The van der Waals surface area contributed by atoms with E-state index in [0.717, 1.165) is 28.7 Å². The monoisotopic (exact) mass is 410 g/mol. The smallest absolute Gasteiger partial charge is 0.200 e. The van der Waals surface area contributed by atoms with Crippen molar-refractivity contribution < 1.29 is 9.59 Å². The zero-order valence-corrected chi connectivity index (χ0v) is 17.9. The Hall–Kier alpha value is -2.04. The van der Waals surface area contributed by atoms with E-state index < -0.39 is 5.92 Å². The van der Waals surface area contributed by atoms with Gasteiger partial charge in [0, 0.05) is 11.5 Å². The minimum atomic E-state index is -0.551. The van der Waals surface area contributed by atoms with Crippen molar-refractivity contribution in [1.29, 1.82) is 0 Å². The van der Waals surface area contributed by atoms with Gasteiger partial charge in [-0.2, -0.15) is 0 Å². The molecule has 0 atom stereocenters. The first kappa shape index (κ1) is 22.3. The van der Waals surface area contributed by atoms with Gasteiger partial charge in [0.05, 0.1) is 5.92 Å². The van der Waals surface area contributed by atoms with Gasteiger partial charge in [-0.1, -0.05) is 111 Å². The summed E-state index contributed by atoms with van der Waals surface area (Å²) in [6, 6.07) is 15.9. The van der Waals surface area contributed by atoms with Crippen LogP contribution in [0.25, 0.3) is 12.2 Å². The predicted molar refractivity (Wildman–Crippen MR) is 124 cm³/mol. The molecule has 0 amide bonds. The number of benzene rings is 2. The van der Waals surface area contributed by atoms with Crippen molar-refractivity contribution in [3.8, 4) is 0 Å². The summed E-state index contributed by atoms with van der Waals surface area (Å²) in [5.74, 6) is 0.588. The normalized spacial score (nSPS) is 10.6. The van der Waals surface area contributed by atoms with Gasteiger partial charge < -0.3 is 0 Å². The van der Waals surface area contributed by atoms with E-state index in [4.69, 9.17) is 0 Å². The van der Waals surface area contributed by atoms with Gasteiger partial charge in [-0.3, -0.25) is 9.59 Å². The third-order valence-electron chi connectivity index (χ3n) is 4.28. The average Bonchev–Trinajstić information content (AvgIpc) is 2.74. The minimum absolute atomic E-state index is 0.0387. The molecule has 0 aliphatic heterocycles. The Bertz CT molecular complexity index is 775. The second-order valence-corrected chi connectivity index (χ2v) is 8.41. The second-order valence-electron chi connectivity index (χ2n) is 6.46. The van der Waals surface area contributed by atoms with Gasteiger partial charge in [-0.05, 0) is 28.7 Å². The van der Waals surface area contributed by atoms with Gasteiger partial charge in [0.1, 0.15) is 0 Å². The molecule has 0 aliphatic rings. The fraction of sp³-hybridized carbons (Fsp3) is 0.250. The van der Waals surface area contributed by atoms with E-state index in [0.29, 0.717) is 17.9 Å². The third-order valence-corrected chi connectivity index (χ3v) is 6.38. The summed E-state index contributed by atoms with van der Waals surface area (Å²) >= 11 is 2.46. The highest BCUT2D eigenvalue weighted by Gasteiger charge is 2.26. The SMILES string of the molecule is C=Cc1cccc(CSC(=O)C(CCC)C(=O)SCc2cccc(C=C)c2)c1. The highest BCUT2D eigenvalue weighted by atomic mass is 32.2. The van der Waals surface area contributed by atoms with Gasteiger partial charge in [0.25, 0.3) is 0 Å². The van der Waals surface area contributed by atoms with Crippen LogP contribution in [0.3, 0.4) is 0 Å². The maximum absolute atomic E-state index is 12.7. The van der Waals surface area contributed by atoms with E-state index in [-0.39, 0.29) is 10.2 Å². The zero-order chi connectivity index (χ0) is 20.4. The minimum Gasteiger partial charge on any atom is -0.286 e. The van der Waals surface area contributed by atoms with E-state index in [1.165, 1.54) is 23.5 Å². The number of hydrogen-bond donors (Lipinski definition) is 0. The molecule has 0 N–H and O–H groups in total. The molecule has 0 saturated carbocycles. The lowest BCUT2D eigenvalue weighted by molar-refractivity contribution is -0.123. The summed E-state index contributed by atoms with van der Waals surface area (Å²) in [5.41, 5.74) is 4.19. The maximum Gasteiger partial charge on any atom is 0.200 e. The fourth-order valence-corrected chi connectivity index (χ4v) is 4.65. The Labute approximate surface area is 176 Å². The standard InChI is InChI=1S/C24H26O2S2/c1-4-9-22(23(25)27-16-20-12-7-10-18(5-2)14-20)24(26)28-17-21-13-8-11-19(6-3)15-21/h5-8,10-15,22H,2-4,9,16-17H2,1H3. The van der Waals surface area contributed by atoms with Gasteiger partial charge in [0.2, 0.25) is 10.2 Å². The van der Waals surface area contributed by atoms with Crippen LogP contribution in [0, 0.1) is 5.92 Å². The van der Waals surface area contributed by atoms with Crippen LogP contribution in [0.2, 0.25) is 0 Å². The van der Waals surface area contributed by atoms with Crippen LogP contribution < -0.4 is 0 Å². The Morgan fingerprint density at radius 3 is 1.75 bits per heavy atom. The van der Waals surface area contributed by atoms with Gasteiger partial charge >= 0.3 is 0 Å². The fourth-order valence-electron chi connectivity index (χ4n) is 2.75. The van der Waals surface area contributed by atoms with Gasteiger partial charge in [0.15, 0.2) is 0 Å². The van der Waals surface area contributed by atoms with E-state index >= 15 is 0 Å². The van der Waals surface area contributed by atoms with Crippen LogP contribution in [-0.4, -0.2) is 10.2 Å². The molecule has 28 heavy (non-hydrogen) atoms. The van der Waals surface area contributed by atoms with E-state index in [1.807, 2.05) is 55.5 Å². The molecule has 0 spiro atoms. The van der Waals surface area contributed by atoms with Crippen LogP contribution in [0.4, 0.5) is 0 Å². The highest BCUT2D eigenvalue weighted by Crippen LogP contribution is 2.27. The average molecular weight is 411 g/mol. The van der Waals surface area contributed by atoms with Crippen molar-refractivity contribution >= 4 is 45.9 Å². The molecule has 146 valence electrons. The summed E-state index contributed by atoms with van der Waals surface area (Å²) in [4.78, 5) is 25.4. The quantitative estimate of drug-likeness (QED) is 0.413. The lowest BCUT2D eigenvalue weighted by Crippen LogP contribution is -2.19. The zero-order valence-electron chi connectivity index (χ0n) is 16.2. The number of carbonyl (C=O) groups excluding carboxylic acids is 2. The maximum atomic E-state index is 12.7. The number of hydrogen-bond acceptors (Lipinski definition) is 4. The Balaban J connectivity index is 1.95. The summed E-state index contributed by atoms with van der Waals surface area (Å²) < 4.78 is 0. The van der Waals surface area contributed by atoms with Crippen LogP contribution in [0.15, 0.2) is 61.7 Å². The first-order valence-corrected chi connectivity index (χ1v) is 11.3. The van der Waals surface area contributed by atoms with Crippen molar-refractivity contribution in [1.82, 2.24) is 0 Å². The van der Waals surface area contributed by atoms with Crippen LogP contribution in [0.5, 0.6) is 0 Å². The van der Waals surface area contributed by atoms with E-state index in [1.54, 1.807) is 12.2 Å². The molecule has 2 rings (SSSR count). The largest absolute Gasteiger partial charge is 0.286 e. The third kappa shape index (κ3) is 6.84. The topological polar surface area (TPSA) is 34.1 Å². The van der Waals surface area contributed by atoms with Crippen molar-refractivity contribution in [3.05, 3.63) is 83.9 Å². The molecule has 2 nitrogen and oxygen atoms in total. The number of carbonyl (C=O) groups is 2. The number of rotatable bonds is 10. The molecule has 2 aromatic carbocycles. The molecule has 0 heterocycles. The molecule has 0 fully saturated rings. The molecule has 4 heteroatoms. The molecule has 0 saturated heterocycles. The van der Waals surface area contributed by atoms with Gasteiger partial charge in [-0.15, -0.1) is 0 Å². The molecule has 2 aromatic rings. The molecule has 0 aromatic heterocycles. The predicted octanol–water partition coefficient (Wildman–Crippen LogP) is 6.61. The van der Waals surface area contributed by atoms with Crippen LogP contribution >= 0.6 is 23.5 Å². The first-order chi connectivity index (χ1) is 13.6. The van der Waals surface area contributed by atoms with Crippen molar-refractivity contribution in [2.45, 2.75) is 31.3 Å². The summed E-state index contributed by atoms with van der Waals surface area (Å²) in [7, 11) is 0. The summed E-state index contributed by atoms with van der Waals surface area (Å²) in [6.45, 7) is 9.55. The molecule has 0 radical (unpaired) electrons. The Morgan fingerprint density at radius 1 is 0.893 bits per heavy atom. The highest BCUT2D eigenvalue weighted by molar-refractivity contribution is 8.15. The lowest BCUT2D eigenvalue weighted by Gasteiger charge is -2.13. The molecule has 0 aliphatic carbocycles. The van der Waals surface area contributed by atoms with Crippen molar-refractivity contribution in [2.24, 2.45) is 5.92 Å². The lowest BCUT2D eigenvalue weighted by atomic mass is 10.1. The Morgan fingerprint density at radius 2 is 1.36 bits per heavy atom. The summed E-state index contributed by atoms with van der Waals surface area (Å²) in [6.07, 6.45) is 4.98. The van der Waals surface area contributed by atoms with Crippen LogP contribution in [0.1, 0.15) is 42.0 Å². The Kier molecular flexibility index (Phi) is 9.32. The molecular formula is C24H26O2S2. The van der Waals surface area contributed by atoms with E-state index in [2.05, 4.69) is 13.2 Å². The summed E-state index contributed by atoms with van der Waals surface area (Å²) in [5, 5.41) is -0.0774. The first-order valence-electron chi connectivity index (χ1n) is 9.33. The van der Waals surface area contributed by atoms with E-state index in [9.17, 15) is 9.59 Å². The second kappa shape index (κ2) is 11.7. The molecular weight excluding hydrogens is 384 g/mol. The van der Waals surface area contributed by atoms with Crippen molar-refractivity contribution in [2.75, 3.05) is 0 Å². The number of thioether (sulfide) groups is 2. The van der Waals surface area contributed by atoms with Gasteiger partial charge in [-0.25, -0.2) is 0 Å². The molecule has 0 bridgehead atoms. The van der Waals surface area contributed by atoms with Crippen LogP contribution in [-0.2, 0) is 21.1 Å². The van der Waals surface area contributed by atoms with Crippen molar-refractivity contribution in [3.63, 3.8) is 0 Å².